The fourth-order valence-corrected chi connectivity index (χ4v) is 2.50. The minimum atomic E-state index is -0.483. The Kier molecular flexibility index (Phi) is 5.69. The van der Waals surface area contributed by atoms with Gasteiger partial charge in [0.1, 0.15) is 5.82 Å². The molecule has 0 N–H and O–H groups in total. The first kappa shape index (κ1) is 16.2. The van der Waals surface area contributed by atoms with E-state index in [1.54, 1.807) is 18.2 Å². The van der Waals surface area contributed by atoms with Crippen LogP contribution in [0.3, 0.4) is 0 Å². The maximum absolute atomic E-state index is 14.3. The molecule has 0 fully saturated rings. The molecule has 0 bridgehead atoms. The number of amides is 2. The number of benzene rings is 1. The molecule has 22 heavy (non-hydrogen) atoms. The fourth-order valence-electron chi connectivity index (χ4n) is 2.50. The lowest BCUT2D eigenvalue weighted by molar-refractivity contribution is -0.114. The Morgan fingerprint density at radius 3 is 2.82 bits per heavy atom. The van der Waals surface area contributed by atoms with Gasteiger partial charge in [-0.25, -0.2) is 4.39 Å². The van der Waals surface area contributed by atoms with Gasteiger partial charge in [0.25, 0.3) is 5.91 Å². The quantitative estimate of drug-likeness (QED) is 0.573. The highest BCUT2D eigenvalue weighted by molar-refractivity contribution is 6.02. The zero-order chi connectivity index (χ0) is 15.9. The van der Waals surface area contributed by atoms with Crippen LogP contribution in [-0.4, -0.2) is 25.4 Å². The van der Waals surface area contributed by atoms with Crippen molar-refractivity contribution in [1.29, 1.82) is 0 Å². The van der Waals surface area contributed by atoms with E-state index in [1.165, 1.54) is 21.9 Å². The van der Waals surface area contributed by atoms with Crippen molar-refractivity contribution in [2.24, 2.45) is 0 Å². The Morgan fingerprint density at radius 1 is 1.36 bits per heavy atom. The monoisotopic (exact) mass is 304 g/mol. The van der Waals surface area contributed by atoms with Gasteiger partial charge in [0.2, 0.25) is 6.41 Å². The Balaban J connectivity index is 2.16. The number of hydrogen-bond acceptors (Lipinski definition) is 2. The lowest BCUT2D eigenvalue weighted by atomic mass is 10.1. The standard InChI is InChI=1S/C17H21FN2O2/c1-2-3-5-10-19(13-21)14-8-9-16(15(18)12-14)20-11-6-4-7-17(20)22/h4,7-9,12-13H,2-3,5-6,10-11H2,1H3. The third kappa shape index (κ3) is 3.72. The molecule has 0 saturated carbocycles. The van der Waals surface area contributed by atoms with Crippen LogP contribution in [0.25, 0.3) is 0 Å². The highest BCUT2D eigenvalue weighted by atomic mass is 19.1. The summed E-state index contributed by atoms with van der Waals surface area (Å²) < 4.78 is 14.3. The van der Waals surface area contributed by atoms with Crippen molar-refractivity contribution in [1.82, 2.24) is 0 Å². The molecule has 4 nitrogen and oxygen atoms in total. The molecule has 0 aromatic heterocycles. The topological polar surface area (TPSA) is 40.6 Å². The van der Waals surface area contributed by atoms with Crippen molar-refractivity contribution in [2.75, 3.05) is 22.9 Å². The number of halogens is 1. The molecule has 118 valence electrons. The predicted octanol–water partition coefficient (Wildman–Crippen LogP) is 3.27. The normalized spacial score (nSPS) is 14.3. The van der Waals surface area contributed by atoms with Gasteiger partial charge in [-0.15, -0.1) is 0 Å². The van der Waals surface area contributed by atoms with Crippen LogP contribution in [0.2, 0.25) is 0 Å². The molecular formula is C17H21FN2O2. The lowest BCUT2D eigenvalue weighted by Crippen LogP contribution is -2.33. The summed E-state index contributed by atoms with van der Waals surface area (Å²) in [6, 6.07) is 4.57. The van der Waals surface area contributed by atoms with Crippen LogP contribution in [0.1, 0.15) is 32.6 Å². The first-order valence-corrected chi connectivity index (χ1v) is 7.67. The third-order valence-electron chi connectivity index (χ3n) is 3.73. The summed E-state index contributed by atoms with van der Waals surface area (Å²) in [5.74, 6) is -0.698. The van der Waals surface area contributed by atoms with Crippen molar-refractivity contribution >= 4 is 23.7 Å². The molecule has 0 saturated heterocycles. The highest BCUT2D eigenvalue weighted by Crippen LogP contribution is 2.26. The van der Waals surface area contributed by atoms with Gasteiger partial charge in [0.15, 0.2) is 0 Å². The summed E-state index contributed by atoms with van der Waals surface area (Å²) in [6.45, 7) is 3.13. The van der Waals surface area contributed by atoms with Gasteiger partial charge in [-0.05, 0) is 37.1 Å². The van der Waals surface area contributed by atoms with Crippen molar-refractivity contribution in [3.63, 3.8) is 0 Å². The van der Waals surface area contributed by atoms with Crippen molar-refractivity contribution < 1.29 is 14.0 Å². The first-order chi connectivity index (χ1) is 10.7. The van der Waals surface area contributed by atoms with Crippen molar-refractivity contribution in [3.8, 4) is 0 Å². The second kappa shape index (κ2) is 7.73. The van der Waals surface area contributed by atoms with Gasteiger partial charge in [-0.2, -0.15) is 0 Å². The van der Waals surface area contributed by atoms with E-state index in [4.69, 9.17) is 0 Å². The number of rotatable bonds is 7. The van der Waals surface area contributed by atoms with Gasteiger partial charge in [0, 0.05) is 18.8 Å². The molecule has 2 rings (SSSR count). The molecule has 5 heteroatoms. The number of hydrogen-bond donors (Lipinski definition) is 0. The van der Waals surface area contributed by atoms with E-state index in [-0.39, 0.29) is 11.6 Å². The second-order valence-electron chi connectivity index (χ2n) is 5.32. The van der Waals surface area contributed by atoms with E-state index < -0.39 is 5.82 Å². The van der Waals surface area contributed by atoms with E-state index in [0.717, 1.165) is 25.7 Å². The van der Waals surface area contributed by atoms with E-state index >= 15 is 0 Å². The van der Waals surface area contributed by atoms with Gasteiger partial charge in [-0.1, -0.05) is 25.8 Å². The number of carbonyl (C=O) groups is 2. The third-order valence-corrected chi connectivity index (χ3v) is 3.73. The van der Waals surface area contributed by atoms with Crippen LogP contribution in [-0.2, 0) is 9.59 Å². The van der Waals surface area contributed by atoms with Crippen LogP contribution >= 0.6 is 0 Å². The van der Waals surface area contributed by atoms with Gasteiger partial charge in [-0.3, -0.25) is 9.59 Å². The largest absolute Gasteiger partial charge is 0.315 e. The molecule has 1 aliphatic rings. The van der Waals surface area contributed by atoms with E-state index in [2.05, 4.69) is 6.92 Å². The molecule has 0 radical (unpaired) electrons. The number of nitrogens with zero attached hydrogens (tertiary/aromatic N) is 2. The molecule has 0 aliphatic carbocycles. The maximum Gasteiger partial charge on any atom is 0.250 e. The molecule has 1 aromatic carbocycles. The summed E-state index contributed by atoms with van der Waals surface area (Å²) in [5, 5.41) is 0. The van der Waals surface area contributed by atoms with Gasteiger partial charge in [0.05, 0.1) is 5.69 Å². The van der Waals surface area contributed by atoms with E-state index in [9.17, 15) is 14.0 Å². The number of unbranched alkanes of at least 4 members (excludes halogenated alkanes) is 2. The molecule has 1 aromatic rings. The fraction of sp³-hybridized carbons (Fsp3) is 0.412. The average Bonchev–Trinajstić information content (AvgIpc) is 2.52. The molecule has 1 heterocycles. The summed E-state index contributed by atoms with van der Waals surface area (Å²) in [6.07, 6.45) is 7.65. The van der Waals surface area contributed by atoms with Crippen molar-refractivity contribution in [3.05, 3.63) is 36.2 Å². The molecule has 0 unspecified atom stereocenters. The van der Waals surface area contributed by atoms with Crippen LogP contribution in [0.5, 0.6) is 0 Å². The summed E-state index contributed by atoms with van der Waals surface area (Å²) in [4.78, 5) is 25.9. The highest BCUT2D eigenvalue weighted by Gasteiger charge is 2.20. The predicted molar refractivity (Wildman–Crippen MR) is 85.4 cm³/mol. The Bertz CT molecular complexity index is 572. The Hall–Kier alpha value is -2.17. The first-order valence-electron chi connectivity index (χ1n) is 7.67. The Labute approximate surface area is 130 Å². The average molecular weight is 304 g/mol. The van der Waals surface area contributed by atoms with Crippen LogP contribution in [0.15, 0.2) is 30.4 Å². The zero-order valence-electron chi connectivity index (χ0n) is 12.8. The van der Waals surface area contributed by atoms with Gasteiger partial charge >= 0.3 is 0 Å². The van der Waals surface area contributed by atoms with E-state index in [1.807, 2.05) is 0 Å². The maximum atomic E-state index is 14.3. The van der Waals surface area contributed by atoms with Crippen LogP contribution < -0.4 is 9.80 Å². The van der Waals surface area contributed by atoms with Crippen LogP contribution in [0.4, 0.5) is 15.8 Å². The van der Waals surface area contributed by atoms with Crippen molar-refractivity contribution in [2.45, 2.75) is 32.6 Å². The summed E-state index contributed by atoms with van der Waals surface area (Å²) >= 11 is 0. The number of carbonyl (C=O) groups excluding carboxylic acids is 2. The SMILES string of the molecule is CCCCCN(C=O)c1ccc(N2CCC=CC2=O)c(F)c1. The Morgan fingerprint density at radius 2 is 2.18 bits per heavy atom. The molecule has 1 aliphatic heterocycles. The molecule has 0 atom stereocenters. The summed E-state index contributed by atoms with van der Waals surface area (Å²) in [5.41, 5.74) is 0.782. The molecular weight excluding hydrogens is 283 g/mol. The molecule has 2 amide bonds. The number of anilines is 2. The van der Waals surface area contributed by atoms with E-state index in [0.29, 0.717) is 25.2 Å². The zero-order valence-corrected chi connectivity index (χ0v) is 12.8. The van der Waals surface area contributed by atoms with Crippen LogP contribution in [0, 0.1) is 5.82 Å². The lowest BCUT2D eigenvalue weighted by Gasteiger charge is -2.25. The summed E-state index contributed by atoms with van der Waals surface area (Å²) in [7, 11) is 0. The van der Waals surface area contributed by atoms with Gasteiger partial charge < -0.3 is 9.80 Å². The molecule has 0 spiro atoms. The minimum Gasteiger partial charge on any atom is -0.315 e. The second-order valence-corrected chi connectivity index (χ2v) is 5.32. The smallest absolute Gasteiger partial charge is 0.250 e. The minimum absolute atomic E-state index is 0.215.